The van der Waals surface area contributed by atoms with Crippen molar-refractivity contribution in [1.29, 1.82) is 0 Å². The Morgan fingerprint density at radius 3 is 2.95 bits per heavy atom. The molecule has 0 unspecified atom stereocenters. The van der Waals surface area contributed by atoms with Crippen LogP contribution in [0.2, 0.25) is 0 Å². The molecule has 1 aliphatic heterocycles. The minimum absolute atomic E-state index is 0.315. The van der Waals surface area contributed by atoms with E-state index in [0.29, 0.717) is 31.5 Å². The highest BCUT2D eigenvalue weighted by atomic mass is 16.5. The fourth-order valence-electron chi connectivity index (χ4n) is 2.05. The van der Waals surface area contributed by atoms with Gasteiger partial charge in [0.05, 0.1) is 31.6 Å². The number of anilines is 1. The lowest BCUT2D eigenvalue weighted by Crippen LogP contribution is -2.22. The quantitative estimate of drug-likeness (QED) is 0.645. The van der Waals surface area contributed by atoms with E-state index in [0.717, 1.165) is 23.6 Å². The van der Waals surface area contributed by atoms with Crippen LogP contribution in [0.4, 0.5) is 5.69 Å². The lowest BCUT2D eigenvalue weighted by Gasteiger charge is -2.10. The molecule has 8 nitrogen and oxygen atoms in total. The van der Waals surface area contributed by atoms with Gasteiger partial charge in [-0.1, -0.05) is 5.21 Å². The van der Waals surface area contributed by atoms with Gasteiger partial charge in [-0.25, -0.2) is 4.99 Å². The second-order valence-corrected chi connectivity index (χ2v) is 4.89. The molecule has 0 radical (unpaired) electrons. The molecule has 2 aromatic rings. The van der Waals surface area contributed by atoms with Crippen molar-refractivity contribution in [2.45, 2.75) is 13.0 Å². The molecule has 0 spiro atoms. The van der Waals surface area contributed by atoms with E-state index in [1.807, 2.05) is 25.2 Å². The highest BCUT2D eigenvalue weighted by molar-refractivity contribution is 5.92. The van der Waals surface area contributed by atoms with Gasteiger partial charge in [-0.15, -0.1) is 5.10 Å². The van der Waals surface area contributed by atoms with Gasteiger partial charge in [0.15, 0.2) is 17.5 Å². The van der Waals surface area contributed by atoms with Gasteiger partial charge >= 0.3 is 0 Å². The van der Waals surface area contributed by atoms with E-state index in [2.05, 4.69) is 20.6 Å². The van der Waals surface area contributed by atoms with E-state index in [1.54, 1.807) is 10.9 Å². The van der Waals surface area contributed by atoms with Gasteiger partial charge in [0.1, 0.15) is 0 Å². The number of guanidine groups is 1. The summed E-state index contributed by atoms with van der Waals surface area (Å²) in [7, 11) is 1.81. The Morgan fingerprint density at radius 1 is 1.36 bits per heavy atom. The van der Waals surface area contributed by atoms with Crippen molar-refractivity contribution >= 4 is 11.6 Å². The number of nitrogens with two attached hydrogens (primary N) is 1. The number of hydrogen-bond donors (Lipinski definition) is 2. The van der Waals surface area contributed by atoms with Gasteiger partial charge in [-0.2, -0.15) is 0 Å². The predicted octanol–water partition coefficient (Wildman–Crippen LogP) is 0.903. The van der Waals surface area contributed by atoms with Crippen molar-refractivity contribution in [3.8, 4) is 11.5 Å². The molecule has 0 aliphatic carbocycles. The van der Waals surface area contributed by atoms with Crippen LogP contribution in [0.25, 0.3) is 0 Å². The summed E-state index contributed by atoms with van der Waals surface area (Å²) < 4.78 is 12.9. The van der Waals surface area contributed by atoms with Crippen LogP contribution >= 0.6 is 0 Å². The summed E-state index contributed by atoms with van der Waals surface area (Å²) >= 11 is 0. The second kappa shape index (κ2) is 6.33. The molecule has 1 aromatic heterocycles. The van der Waals surface area contributed by atoms with Gasteiger partial charge in [-0.05, 0) is 12.1 Å². The Balaban J connectivity index is 1.67. The normalized spacial score (nSPS) is 14.5. The molecule has 116 valence electrons. The van der Waals surface area contributed by atoms with Crippen molar-refractivity contribution in [1.82, 2.24) is 15.0 Å². The first-order chi connectivity index (χ1) is 10.7. The summed E-state index contributed by atoms with van der Waals surface area (Å²) in [6.45, 7) is 1.72. The minimum Gasteiger partial charge on any atom is -0.490 e. The molecule has 3 N–H and O–H groups in total. The Bertz CT molecular complexity index is 682. The lowest BCUT2D eigenvalue weighted by atomic mass is 10.3. The monoisotopic (exact) mass is 302 g/mol. The third-order valence-electron chi connectivity index (χ3n) is 3.24. The third kappa shape index (κ3) is 3.27. The van der Waals surface area contributed by atoms with Gasteiger partial charge in [-0.3, -0.25) is 4.68 Å². The first kappa shape index (κ1) is 14.2. The van der Waals surface area contributed by atoms with Gasteiger partial charge in [0.2, 0.25) is 0 Å². The van der Waals surface area contributed by atoms with E-state index in [4.69, 9.17) is 15.2 Å². The number of aryl methyl sites for hydroxylation is 1. The Kier molecular flexibility index (Phi) is 4.08. The van der Waals surface area contributed by atoms with E-state index < -0.39 is 0 Å². The van der Waals surface area contributed by atoms with Crippen molar-refractivity contribution in [3.05, 3.63) is 30.1 Å². The van der Waals surface area contributed by atoms with Crippen LogP contribution in [0.5, 0.6) is 11.5 Å². The maximum Gasteiger partial charge on any atom is 0.193 e. The van der Waals surface area contributed by atoms with E-state index in [9.17, 15) is 0 Å². The van der Waals surface area contributed by atoms with E-state index in [-0.39, 0.29) is 0 Å². The molecule has 3 rings (SSSR count). The largest absolute Gasteiger partial charge is 0.490 e. The summed E-state index contributed by atoms with van der Waals surface area (Å²) in [6.07, 6.45) is 2.53. The molecule has 1 aliphatic rings. The molecule has 0 bridgehead atoms. The molecular formula is C14H18N6O2. The van der Waals surface area contributed by atoms with Gasteiger partial charge in [0, 0.05) is 25.2 Å². The number of aromatic nitrogens is 3. The average Bonchev–Trinajstić information content (AvgIpc) is 2.78. The molecule has 0 saturated carbocycles. The number of fused-ring (bicyclic) bond motifs is 1. The molecule has 1 aromatic carbocycles. The van der Waals surface area contributed by atoms with Crippen molar-refractivity contribution < 1.29 is 9.47 Å². The SMILES string of the molecule is Cn1nncc1CN=C(N)Nc1ccc2c(c1)OCCCO2. The second-order valence-electron chi connectivity index (χ2n) is 4.89. The van der Waals surface area contributed by atoms with Crippen LogP contribution in [0.3, 0.4) is 0 Å². The number of nitrogens with zero attached hydrogens (tertiary/aromatic N) is 4. The lowest BCUT2D eigenvalue weighted by molar-refractivity contribution is 0.297. The third-order valence-corrected chi connectivity index (χ3v) is 3.24. The van der Waals surface area contributed by atoms with Crippen molar-refractivity contribution in [2.24, 2.45) is 17.8 Å². The van der Waals surface area contributed by atoms with Crippen molar-refractivity contribution in [2.75, 3.05) is 18.5 Å². The van der Waals surface area contributed by atoms with Gasteiger partial charge in [0.25, 0.3) is 0 Å². The van der Waals surface area contributed by atoms with E-state index in [1.165, 1.54) is 0 Å². The number of aliphatic imine (C=N–C) groups is 1. The molecule has 22 heavy (non-hydrogen) atoms. The molecular weight excluding hydrogens is 284 g/mol. The Hall–Kier alpha value is -2.77. The van der Waals surface area contributed by atoms with Crippen LogP contribution in [-0.4, -0.2) is 34.2 Å². The molecule has 2 heterocycles. The van der Waals surface area contributed by atoms with Crippen LogP contribution in [0.15, 0.2) is 29.4 Å². The number of nitrogens with one attached hydrogen (secondary N) is 1. The first-order valence-electron chi connectivity index (χ1n) is 7.02. The van der Waals surface area contributed by atoms with Crippen LogP contribution in [0.1, 0.15) is 12.1 Å². The average molecular weight is 302 g/mol. The zero-order valence-corrected chi connectivity index (χ0v) is 12.3. The maximum atomic E-state index is 5.90. The Morgan fingerprint density at radius 2 is 2.18 bits per heavy atom. The fourth-order valence-corrected chi connectivity index (χ4v) is 2.05. The summed E-state index contributed by atoms with van der Waals surface area (Å²) in [5.41, 5.74) is 7.57. The van der Waals surface area contributed by atoms with Crippen LogP contribution < -0.4 is 20.5 Å². The van der Waals surface area contributed by atoms with Gasteiger partial charge < -0.3 is 20.5 Å². The summed E-state index contributed by atoms with van der Waals surface area (Å²) in [4.78, 5) is 4.26. The maximum absolute atomic E-state index is 5.90. The number of ether oxygens (including phenoxy) is 2. The zero-order valence-electron chi connectivity index (χ0n) is 12.3. The number of benzene rings is 1. The van der Waals surface area contributed by atoms with Crippen molar-refractivity contribution in [3.63, 3.8) is 0 Å². The zero-order chi connectivity index (χ0) is 15.4. The summed E-state index contributed by atoms with van der Waals surface area (Å²) in [6, 6.07) is 5.59. The fraction of sp³-hybridized carbons (Fsp3) is 0.357. The number of hydrogen-bond acceptors (Lipinski definition) is 5. The topological polar surface area (TPSA) is 99.6 Å². The molecule has 0 saturated heterocycles. The minimum atomic E-state index is 0.315. The predicted molar refractivity (Wildman–Crippen MR) is 82.0 cm³/mol. The molecule has 0 amide bonds. The molecule has 8 heteroatoms. The highest BCUT2D eigenvalue weighted by Gasteiger charge is 2.10. The standard InChI is InChI=1S/C14H18N6O2/c1-20-11(9-17-19-20)8-16-14(15)18-10-3-4-12-13(7-10)22-6-2-5-21-12/h3-4,7,9H,2,5-6,8H2,1H3,(H3,15,16,18). The summed E-state index contributed by atoms with van der Waals surface area (Å²) in [5, 5.41) is 10.7. The summed E-state index contributed by atoms with van der Waals surface area (Å²) in [5.74, 6) is 1.78. The Labute approximate surface area is 127 Å². The first-order valence-corrected chi connectivity index (χ1v) is 7.02. The van der Waals surface area contributed by atoms with Crippen LogP contribution in [-0.2, 0) is 13.6 Å². The van der Waals surface area contributed by atoms with E-state index >= 15 is 0 Å². The van der Waals surface area contributed by atoms with Crippen LogP contribution in [0, 0.1) is 0 Å². The number of rotatable bonds is 3. The smallest absolute Gasteiger partial charge is 0.193 e. The highest BCUT2D eigenvalue weighted by Crippen LogP contribution is 2.32. The molecule has 0 atom stereocenters. The molecule has 0 fully saturated rings.